The van der Waals surface area contributed by atoms with E-state index in [0.717, 1.165) is 55.4 Å². The minimum Gasteiger partial charge on any atom is -0.356 e. The minimum atomic E-state index is 0.179. The lowest BCUT2D eigenvalue weighted by atomic mass is 9.98. The van der Waals surface area contributed by atoms with Gasteiger partial charge in [-0.15, -0.1) is 0 Å². The first-order chi connectivity index (χ1) is 10.6. The van der Waals surface area contributed by atoms with Crippen molar-refractivity contribution in [2.75, 3.05) is 32.4 Å². The first-order valence-electron chi connectivity index (χ1n) is 7.93. The fraction of sp³-hybridized carbons (Fsp3) is 0.588. The van der Waals surface area contributed by atoms with Gasteiger partial charge in [0, 0.05) is 23.9 Å². The number of hydrogen-bond donors (Lipinski definition) is 1. The average molecular weight is 341 g/mol. The fourth-order valence-corrected chi connectivity index (χ4v) is 3.85. The first kappa shape index (κ1) is 17.6. The minimum absolute atomic E-state index is 0.179. The lowest BCUT2D eigenvalue weighted by Crippen LogP contribution is -2.41. The van der Waals surface area contributed by atoms with E-state index < -0.39 is 0 Å². The molecular formula is C17H25ClN2OS. The Morgan fingerprint density at radius 3 is 3.14 bits per heavy atom. The second-order valence-corrected chi connectivity index (χ2v) is 7.47. The smallest absolute Gasteiger partial charge is 0.224 e. The Hall–Kier alpha value is -0.710. The summed E-state index contributed by atoms with van der Waals surface area (Å²) in [6, 6.07) is 7.99. The highest BCUT2D eigenvalue weighted by atomic mass is 35.5. The van der Waals surface area contributed by atoms with E-state index in [4.69, 9.17) is 11.6 Å². The number of amides is 1. The highest BCUT2D eigenvalue weighted by molar-refractivity contribution is 7.98. The van der Waals surface area contributed by atoms with Crippen molar-refractivity contribution in [1.29, 1.82) is 0 Å². The maximum absolute atomic E-state index is 12.1. The molecule has 0 aromatic heterocycles. The SMILES string of the molecule is CN1CCC[C@H](C(=O)NCCCSCc2cccc(Cl)c2)C1. The summed E-state index contributed by atoms with van der Waals surface area (Å²) < 4.78 is 0. The molecule has 1 fully saturated rings. The van der Waals surface area contributed by atoms with Crippen molar-refractivity contribution in [3.8, 4) is 0 Å². The molecule has 1 amide bonds. The molecule has 1 saturated heterocycles. The van der Waals surface area contributed by atoms with Gasteiger partial charge in [-0.2, -0.15) is 11.8 Å². The summed E-state index contributed by atoms with van der Waals surface area (Å²) in [6.45, 7) is 2.79. The van der Waals surface area contributed by atoms with E-state index in [1.165, 1.54) is 5.56 Å². The number of hydrogen-bond acceptors (Lipinski definition) is 3. The molecule has 122 valence electrons. The van der Waals surface area contributed by atoms with Gasteiger partial charge in [-0.3, -0.25) is 4.79 Å². The van der Waals surface area contributed by atoms with Gasteiger partial charge in [0.25, 0.3) is 0 Å². The van der Waals surface area contributed by atoms with Crippen LogP contribution in [0.3, 0.4) is 0 Å². The zero-order valence-corrected chi connectivity index (χ0v) is 14.8. The number of benzene rings is 1. The first-order valence-corrected chi connectivity index (χ1v) is 9.47. The van der Waals surface area contributed by atoms with Crippen molar-refractivity contribution in [1.82, 2.24) is 10.2 Å². The molecule has 0 saturated carbocycles. The van der Waals surface area contributed by atoms with E-state index in [1.54, 1.807) is 0 Å². The Balaban J connectivity index is 1.54. The highest BCUT2D eigenvalue weighted by Crippen LogP contribution is 2.17. The summed E-state index contributed by atoms with van der Waals surface area (Å²) in [7, 11) is 2.09. The average Bonchev–Trinajstić information content (AvgIpc) is 2.50. The molecule has 1 aromatic rings. The lowest BCUT2D eigenvalue weighted by molar-refractivity contribution is -0.126. The van der Waals surface area contributed by atoms with Gasteiger partial charge in [-0.05, 0) is 56.3 Å². The number of nitrogens with one attached hydrogen (secondary N) is 1. The maximum Gasteiger partial charge on any atom is 0.224 e. The number of carbonyl (C=O) groups is 1. The monoisotopic (exact) mass is 340 g/mol. The number of piperidine rings is 1. The van der Waals surface area contributed by atoms with Gasteiger partial charge in [0.1, 0.15) is 0 Å². The molecule has 1 aliphatic rings. The van der Waals surface area contributed by atoms with Crippen LogP contribution in [0.1, 0.15) is 24.8 Å². The third-order valence-electron chi connectivity index (χ3n) is 3.92. The van der Waals surface area contributed by atoms with E-state index in [-0.39, 0.29) is 11.8 Å². The van der Waals surface area contributed by atoms with Crippen molar-refractivity contribution >= 4 is 29.3 Å². The molecule has 1 N–H and O–H groups in total. The van der Waals surface area contributed by atoms with Crippen LogP contribution in [-0.4, -0.2) is 43.2 Å². The van der Waals surface area contributed by atoms with Crippen LogP contribution >= 0.6 is 23.4 Å². The molecule has 1 aromatic carbocycles. The molecule has 5 heteroatoms. The Labute approximate surface area is 142 Å². The normalized spacial score (nSPS) is 19.1. The number of likely N-dealkylation sites (tertiary alicyclic amines) is 1. The molecular weight excluding hydrogens is 316 g/mol. The molecule has 0 radical (unpaired) electrons. The molecule has 1 atom stereocenters. The van der Waals surface area contributed by atoms with Gasteiger partial charge in [-0.1, -0.05) is 23.7 Å². The van der Waals surface area contributed by atoms with Crippen LogP contribution in [0.5, 0.6) is 0 Å². The van der Waals surface area contributed by atoms with Crippen molar-refractivity contribution in [2.45, 2.75) is 25.0 Å². The molecule has 1 heterocycles. The third-order valence-corrected chi connectivity index (χ3v) is 5.27. The summed E-state index contributed by atoms with van der Waals surface area (Å²) in [5.74, 6) is 2.43. The molecule has 22 heavy (non-hydrogen) atoms. The standard InChI is InChI=1S/C17H25ClN2OS/c1-20-9-3-6-15(12-20)17(21)19-8-4-10-22-13-14-5-2-7-16(18)11-14/h2,5,7,11,15H,3-4,6,8-10,12-13H2,1H3,(H,19,21)/t15-/m0/s1. The summed E-state index contributed by atoms with van der Waals surface area (Å²) in [5.41, 5.74) is 1.26. The van der Waals surface area contributed by atoms with E-state index >= 15 is 0 Å². The predicted molar refractivity (Wildman–Crippen MR) is 95.5 cm³/mol. The van der Waals surface area contributed by atoms with Crippen LogP contribution < -0.4 is 5.32 Å². The number of rotatable bonds is 7. The zero-order chi connectivity index (χ0) is 15.8. The molecule has 0 aliphatic carbocycles. The Kier molecular flexibility index (Phi) is 7.56. The van der Waals surface area contributed by atoms with Crippen LogP contribution in [0.15, 0.2) is 24.3 Å². The predicted octanol–water partition coefficient (Wildman–Crippen LogP) is 3.42. The summed E-state index contributed by atoms with van der Waals surface area (Å²) in [5, 5.41) is 3.87. The van der Waals surface area contributed by atoms with Crippen molar-refractivity contribution in [2.24, 2.45) is 5.92 Å². The third kappa shape index (κ3) is 6.19. The van der Waals surface area contributed by atoms with Crippen LogP contribution in [0.2, 0.25) is 5.02 Å². The van der Waals surface area contributed by atoms with Crippen molar-refractivity contribution in [3.05, 3.63) is 34.9 Å². The second-order valence-electron chi connectivity index (χ2n) is 5.93. The van der Waals surface area contributed by atoms with Gasteiger partial charge in [0.2, 0.25) is 5.91 Å². The van der Waals surface area contributed by atoms with E-state index in [2.05, 4.69) is 23.3 Å². The lowest BCUT2D eigenvalue weighted by Gasteiger charge is -2.28. The summed E-state index contributed by atoms with van der Waals surface area (Å²) in [4.78, 5) is 14.3. The molecule has 3 nitrogen and oxygen atoms in total. The molecule has 1 aliphatic heterocycles. The van der Waals surface area contributed by atoms with Crippen LogP contribution in [0.4, 0.5) is 0 Å². The summed E-state index contributed by atoms with van der Waals surface area (Å²) >= 11 is 7.85. The quantitative estimate of drug-likeness (QED) is 0.772. The number of nitrogens with zero attached hydrogens (tertiary/aromatic N) is 1. The van der Waals surface area contributed by atoms with Crippen molar-refractivity contribution in [3.63, 3.8) is 0 Å². The van der Waals surface area contributed by atoms with Crippen LogP contribution in [0, 0.1) is 5.92 Å². The van der Waals surface area contributed by atoms with Crippen LogP contribution in [0.25, 0.3) is 0 Å². The summed E-state index contributed by atoms with van der Waals surface area (Å²) in [6.07, 6.45) is 3.17. The molecule has 2 rings (SSSR count). The van der Waals surface area contributed by atoms with E-state index in [0.29, 0.717) is 0 Å². The molecule has 0 unspecified atom stereocenters. The zero-order valence-electron chi connectivity index (χ0n) is 13.2. The van der Waals surface area contributed by atoms with Gasteiger partial charge in [0.05, 0.1) is 5.92 Å². The van der Waals surface area contributed by atoms with Gasteiger partial charge in [-0.25, -0.2) is 0 Å². The Morgan fingerprint density at radius 1 is 1.50 bits per heavy atom. The van der Waals surface area contributed by atoms with Gasteiger partial charge >= 0.3 is 0 Å². The van der Waals surface area contributed by atoms with Gasteiger partial charge < -0.3 is 10.2 Å². The molecule has 0 bridgehead atoms. The van der Waals surface area contributed by atoms with Crippen molar-refractivity contribution < 1.29 is 4.79 Å². The van der Waals surface area contributed by atoms with E-state index in [1.807, 2.05) is 30.0 Å². The number of halogens is 1. The number of carbonyl (C=O) groups excluding carboxylic acids is 1. The van der Waals surface area contributed by atoms with Crippen LogP contribution in [-0.2, 0) is 10.5 Å². The fourth-order valence-electron chi connectivity index (χ4n) is 2.73. The van der Waals surface area contributed by atoms with Gasteiger partial charge in [0.15, 0.2) is 0 Å². The highest BCUT2D eigenvalue weighted by Gasteiger charge is 2.23. The Bertz CT molecular complexity index is 483. The Morgan fingerprint density at radius 2 is 2.36 bits per heavy atom. The topological polar surface area (TPSA) is 32.3 Å². The van der Waals surface area contributed by atoms with E-state index in [9.17, 15) is 4.79 Å². The second kappa shape index (κ2) is 9.43. The number of thioether (sulfide) groups is 1. The largest absolute Gasteiger partial charge is 0.356 e. The maximum atomic E-state index is 12.1. The molecule has 0 spiro atoms.